The van der Waals surface area contributed by atoms with E-state index in [1.165, 1.54) is 12.1 Å². The van der Waals surface area contributed by atoms with Crippen LogP contribution in [0, 0.1) is 5.82 Å². The molecule has 4 aromatic rings. The van der Waals surface area contributed by atoms with Crippen LogP contribution in [0.25, 0.3) is 22.2 Å². The number of halogens is 1. The van der Waals surface area contributed by atoms with Crippen LogP contribution in [0.2, 0.25) is 0 Å². The number of rotatable bonds is 4. The molecule has 2 heterocycles. The minimum absolute atomic E-state index is 0.263. The molecule has 6 heteroatoms. The Hall–Kier alpha value is -3.51. The number of carbonyl (C=O) groups is 1. The van der Waals surface area contributed by atoms with Crippen molar-refractivity contribution in [2.45, 2.75) is 6.54 Å². The van der Waals surface area contributed by atoms with E-state index in [4.69, 9.17) is 5.21 Å². The molecule has 0 aliphatic heterocycles. The molecule has 0 aliphatic carbocycles. The van der Waals surface area contributed by atoms with Gasteiger partial charge in [-0.3, -0.25) is 10.0 Å². The number of nitrogens with zero attached hydrogens (tertiary/aromatic N) is 2. The Bertz CT molecular complexity index is 1100. The molecule has 0 fully saturated rings. The van der Waals surface area contributed by atoms with Crippen LogP contribution in [0.1, 0.15) is 15.9 Å². The van der Waals surface area contributed by atoms with Crippen molar-refractivity contribution in [1.29, 1.82) is 0 Å². The molecule has 2 aromatic carbocycles. The van der Waals surface area contributed by atoms with Crippen molar-refractivity contribution in [1.82, 2.24) is 15.0 Å². The number of hydrogen-bond acceptors (Lipinski definition) is 3. The molecule has 0 aliphatic rings. The van der Waals surface area contributed by atoms with E-state index in [-0.39, 0.29) is 5.82 Å². The lowest BCUT2D eigenvalue weighted by atomic mass is 10.1. The predicted molar refractivity (Wildman–Crippen MR) is 99.9 cm³/mol. The molecule has 0 unspecified atom stereocenters. The molecule has 0 bridgehead atoms. The van der Waals surface area contributed by atoms with Gasteiger partial charge in [0.05, 0.1) is 0 Å². The third kappa shape index (κ3) is 3.43. The minimum atomic E-state index is -0.539. The summed E-state index contributed by atoms with van der Waals surface area (Å²) in [5.74, 6) is -0.801. The summed E-state index contributed by atoms with van der Waals surface area (Å²) in [6.07, 6.45) is 3.74. The Balaban J connectivity index is 1.60. The topological polar surface area (TPSA) is 67.2 Å². The molecule has 0 atom stereocenters. The van der Waals surface area contributed by atoms with Gasteiger partial charge in [-0.05, 0) is 47.5 Å². The number of pyridine rings is 1. The van der Waals surface area contributed by atoms with Gasteiger partial charge < -0.3 is 4.57 Å². The molecule has 2 N–H and O–H groups in total. The van der Waals surface area contributed by atoms with Gasteiger partial charge in [-0.1, -0.05) is 24.3 Å². The van der Waals surface area contributed by atoms with Crippen molar-refractivity contribution < 1.29 is 14.4 Å². The van der Waals surface area contributed by atoms with Gasteiger partial charge in [0.15, 0.2) is 0 Å². The summed E-state index contributed by atoms with van der Waals surface area (Å²) in [5.41, 5.74) is 5.70. The number of hydroxylamine groups is 1. The summed E-state index contributed by atoms with van der Waals surface area (Å²) in [5, 5.41) is 9.66. The van der Waals surface area contributed by atoms with E-state index in [0.717, 1.165) is 27.7 Å². The highest BCUT2D eigenvalue weighted by molar-refractivity contribution is 5.93. The van der Waals surface area contributed by atoms with Gasteiger partial charge in [0.25, 0.3) is 5.91 Å². The molecule has 134 valence electrons. The van der Waals surface area contributed by atoms with Crippen molar-refractivity contribution in [2.24, 2.45) is 0 Å². The molecule has 5 nitrogen and oxygen atoms in total. The molecule has 0 radical (unpaired) electrons. The monoisotopic (exact) mass is 361 g/mol. The third-order valence-electron chi connectivity index (χ3n) is 4.45. The standard InChI is InChI=1S/C21H16FN3O2/c22-19-7-5-15(6-8-19)18-11-17-9-10-25(20(17)23-12-18)13-14-1-3-16(4-2-14)21(26)24-27/h1-12,27H,13H2,(H,24,26). The zero-order valence-electron chi connectivity index (χ0n) is 14.3. The summed E-state index contributed by atoms with van der Waals surface area (Å²) < 4.78 is 15.1. The second-order valence-corrected chi connectivity index (χ2v) is 6.23. The van der Waals surface area contributed by atoms with Crippen LogP contribution in [0.5, 0.6) is 0 Å². The van der Waals surface area contributed by atoms with Gasteiger partial charge in [-0.15, -0.1) is 0 Å². The lowest BCUT2D eigenvalue weighted by Crippen LogP contribution is -2.18. The normalized spacial score (nSPS) is 10.9. The first-order valence-electron chi connectivity index (χ1n) is 8.38. The zero-order chi connectivity index (χ0) is 18.8. The Morgan fingerprint density at radius 2 is 1.78 bits per heavy atom. The van der Waals surface area contributed by atoms with Crippen molar-refractivity contribution in [3.63, 3.8) is 0 Å². The van der Waals surface area contributed by atoms with Gasteiger partial charge >= 0.3 is 0 Å². The Morgan fingerprint density at radius 1 is 1.04 bits per heavy atom. The molecule has 1 amide bonds. The number of hydrogen-bond donors (Lipinski definition) is 2. The average Bonchev–Trinajstić information content (AvgIpc) is 3.10. The van der Waals surface area contributed by atoms with Crippen LogP contribution >= 0.6 is 0 Å². The first kappa shape index (κ1) is 16.9. The predicted octanol–water partition coefficient (Wildman–Crippen LogP) is 4.01. The van der Waals surface area contributed by atoms with E-state index in [0.29, 0.717) is 12.1 Å². The quantitative estimate of drug-likeness (QED) is 0.426. The summed E-state index contributed by atoms with van der Waals surface area (Å²) in [7, 11) is 0. The first-order valence-corrected chi connectivity index (χ1v) is 8.38. The van der Waals surface area contributed by atoms with Crippen LogP contribution < -0.4 is 5.48 Å². The van der Waals surface area contributed by atoms with Gasteiger partial charge in [-0.2, -0.15) is 0 Å². The van der Waals surface area contributed by atoms with Crippen LogP contribution in [-0.4, -0.2) is 20.7 Å². The maximum absolute atomic E-state index is 13.1. The van der Waals surface area contributed by atoms with E-state index >= 15 is 0 Å². The molecule has 4 rings (SSSR count). The fourth-order valence-electron chi connectivity index (χ4n) is 3.03. The van der Waals surface area contributed by atoms with Gasteiger partial charge in [0.2, 0.25) is 0 Å². The zero-order valence-corrected chi connectivity index (χ0v) is 14.3. The molecule has 0 saturated heterocycles. The number of amides is 1. The Kier molecular flexibility index (Phi) is 4.40. The van der Waals surface area contributed by atoms with E-state index in [1.807, 2.05) is 35.0 Å². The molecule has 2 aromatic heterocycles. The first-order chi connectivity index (χ1) is 13.1. The van der Waals surface area contributed by atoms with E-state index < -0.39 is 5.91 Å². The van der Waals surface area contributed by atoms with Gasteiger partial charge in [0, 0.05) is 35.5 Å². The van der Waals surface area contributed by atoms with Crippen LogP contribution in [-0.2, 0) is 6.54 Å². The summed E-state index contributed by atoms with van der Waals surface area (Å²) in [6, 6.07) is 17.4. The second-order valence-electron chi connectivity index (χ2n) is 6.23. The van der Waals surface area contributed by atoms with Gasteiger partial charge in [-0.25, -0.2) is 14.9 Å². The average molecular weight is 361 g/mol. The smallest absolute Gasteiger partial charge is 0.274 e. The maximum Gasteiger partial charge on any atom is 0.274 e. The van der Waals surface area contributed by atoms with Crippen LogP contribution in [0.4, 0.5) is 4.39 Å². The molecule has 0 spiro atoms. The number of carbonyl (C=O) groups excluding carboxylic acids is 1. The highest BCUT2D eigenvalue weighted by Crippen LogP contribution is 2.24. The lowest BCUT2D eigenvalue weighted by Gasteiger charge is -2.07. The molecular weight excluding hydrogens is 345 g/mol. The highest BCUT2D eigenvalue weighted by Gasteiger charge is 2.08. The summed E-state index contributed by atoms with van der Waals surface area (Å²) >= 11 is 0. The second kappa shape index (κ2) is 7.01. The number of benzene rings is 2. The van der Waals surface area contributed by atoms with E-state index in [1.54, 1.807) is 35.9 Å². The fraction of sp³-hybridized carbons (Fsp3) is 0.0476. The van der Waals surface area contributed by atoms with E-state index in [9.17, 15) is 9.18 Å². The summed E-state index contributed by atoms with van der Waals surface area (Å²) in [4.78, 5) is 16.0. The Morgan fingerprint density at radius 3 is 2.48 bits per heavy atom. The van der Waals surface area contributed by atoms with Crippen LogP contribution in [0.15, 0.2) is 73.1 Å². The van der Waals surface area contributed by atoms with Crippen molar-refractivity contribution in [2.75, 3.05) is 0 Å². The lowest BCUT2D eigenvalue weighted by molar-refractivity contribution is 0.0706. The number of fused-ring (bicyclic) bond motifs is 1. The fourth-order valence-corrected chi connectivity index (χ4v) is 3.03. The third-order valence-corrected chi connectivity index (χ3v) is 4.45. The SMILES string of the molecule is O=C(NO)c1ccc(Cn2ccc3cc(-c4ccc(F)cc4)cnc32)cc1. The Labute approximate surface area is 154 Å². The van der Waals surface area contributed by atoms with Crippen molar-refractivity contribution >= 4 is 16.9 Å². The maximum atomic E-state index is 13.1. The molecule has 27 heavy (non-hydrogen) atoms. The number of nitrogens with one attached hydrogen (secondary N) is 1. The van der Waals surface area contributed by atoms with Crippen molar-refractivity contribution in [3.05, 3.63) is 90.0 Å². The van der Waals surface area contributed by atoms with Crippen LogP contribution in [0.3, 0.4) is 0 Å². The largest absolute Gasteiger partial charge is 0.328 e. The summed E-state index contributed by atoms with van der Waals surface area (Å²) in [6.45, 7) is 0.605. The van der Waals surface area contributed by atoms with Crippen molar-refractivity contribution in [3.8, 4) is 11.1 Å². The van der Waals surface area contributed by atoms with Gasteiger partial charge in [0.1, 0.15) is 11.5 Å². The minimum Gasteiger partial charge on any atom is -0.328 e. The number of aromatic nitrogens is 2. The molecular formula is C21H16FN3O2. The molecule has 0 saturated carbocycles. The van der Waals surface area contributed by atoms with E-state index in [2.05, 4.69) is 4.98 Å². The highest BCUT2D eigenvalue weighted by atomic mass is 19.1.